The Hall–Kier alpha value is -8.28. The van der Waals surface area contributed by atoms with Gasteiger partial charge in [-0.25, -0.2) is 9.97 Å². The summed E-state index contributed by atoms with van der Waals surface area (Å²) in [7, 11) is 0. The van der Waals surface area contributed by atoms with E-state index in [1.807, 2.05) is 12.1 Å². The van der Waals surface area contributed by atoms with Crippen molar-refractivity contribution in [2.45, 2.75) is 0 Å². The first-order chi connectivity index (χ1) is 30.3. The molecule has 4 heterocycles. The molecule has 14 aromatic rings. The van der Waals surface area contributed by atoms with Crippen molar-refractivity contribution in [3.8, 4) is 22.9 Å². The standard InChI is InChI=1S/C56H32N4O/c1-2-14-35(15-3-1)59-47-23-11-8-18-38(47)45-30-34(27-29-49(45)59)53-52-41-21-6-4-16-36(41)37-17-5-7-22-42(37)54(52)58-56(57-53)60-48-24-12-9-19-39(48)46-32-44-33(31-50(46)60)26-28-43-40-20-10-13-25-51(40)61-55(43)44/h1-32H. The monoisotopic (exact) mass is 776 g/mol. The summed E-state index contributed by atoms with van der Waals surface area (Å²) >= 11 is 0. The maximum absolute atomic E-state index is 6.56. The van der Waals surface area contributed by atoms with Gasteiger partial charge in [0, 0.05) is 59.7 Å². The lowest BCUT2D eigenvalue weighted by molar-refractivity contribution is 0.672. The largest absolute Gasteiger partial charge is 0.455 e. The maximum Gasteiger partial charge on any atom is 0.235 e. The van der Waals surface area contributed by atoms with Crippen LogP contribution < -0.4 is 0 Å². The van der Waals surface area contributed by atoms with E-state index < -0.39 is 0 Å². The lowest BCUT2D eigenvalue weighted by Gasteiger charge is -2.16. The molecule has 0 atom stereocenters. The lowest BCUT2D eigenvalue weighted by Crippen LogP contribution is -2.04. The van der Waals surface area contributed by atoms with Gasteiger partial charge in [0.2, 0.25) is 5.95 Å². The fourth-order valence-corrected chi connectivity index (χ4v) is 10.2. The van der Waals surface area contributed by atoms with Gasteiger partial charge >= 0.3 is 0 Å². The number of benzene rings is 10. The first-order valence-electron chi connectivity index (χ1n) is 20.7. The SMILES string of the molecule is c1ccc(-n2c3ccccc3c3cc(-c4nc(-n5c6ccccc6c6cc7c(ccc8c9ccccc9oc78)cc65)nc5c6ccccc6c6ccccc6c45)ccc32)cc1. The van der Waals surface area contributed by atoms with E-state index in [4.69, 9.17) is 14.4 Å². The van der Waals surface area contributed by atoms with Gasteiger partial charge in [-0.1, -0.05) is 133 Å². The minimum atomic E-state index is 0.630. The van der Waals surface area contributed by atoms with Crippen LogP contribution in [0.3, 0.4) is 0 Å². The van der Waals surface area contributed by atoms with E-state index in [0.29, 0.717) is 5.95 Å². The second-order valence-corrected chi connectivity index (χ2v) is 16.1. The van der Waals surface area contributed by atoms with Crippen LogP contribution in [0.4, 0.5) is 0 Å². The van der Waals surface area contributed by atoms with Crippen molar-refractivity contribution in [1.82, 2.24) is 19.1 Å². The van der Waals surface area contributed by atoms with Gasteiger partial charge < -0.3 is 8.98 Å². The topological polar surface area (TPSA) is 48.8 Å². The highest BCUT2D eigenvalue weighted by molar-refractivity contribution is 6.27. The van der Waals surface area contributed by atoms with Gasteiger partial charge in [0.15, 0.2) is 0 Å². The van der Waals surface area contributed by atoms with Crippen LogP contribution in [0.5, 0.6) is 0 Å². The molecule has 0 aliphatic rings. The number of furan rings is 1. The van der Waals surface area contributed by atoms with Gasteiger partial charge in [-0.05, 0) is 82.2 Å². The Balaban J connectivity index is 1.11. The van der Waals surface area contributed by atoms with E-state index >= 15 is 0 Å². The first-order valence-corrected chi connectivity index (χ1v) is 20.7. The Morgan fingerprint density at radius 3 is 1.75 bits per heavy atom. The lowest BCUT2D eigenvalue weighted by atomic mass is 9.94. The zero-order chi connectivity index (χ0) is 39.8. The molecule has 10 aromatic carbocycles. The number of hydrogen-bond donors (Lipinski definition) is 0. The predicted octanol–water partition coefficient (Wildman–Crippen LogP) is 14.8. The molecule has 5 heteroatoms. The Kier molecular flexibility index (Phi) is 6.49. The molecule has 4 aromatic heterocycles. The minimum Gasteiger partial charge on any atom is -0.455 e. The molecule has 61 heavy (non-hydrogen) atoms. The van der Waals surface area contributed by atoms with Crippen molar-refractivity contribution in [2.24, 2.45) is 0 Å². The predicted molar refractivity (Wildman–Crippen MR) is 253 cm³/mol. The highest BCUT2D eigenvalue weighted by atomic mass is 16.3. The zero-order valence-electron chi connectivity index (χ0n) is 32.7. The van der Waals surface area contributed by atoms with Crippen molar-refractivity contribution in [1.29, 1.82) is 0 Å². The molecule has 0 spiro atoms. The van der Waals surface area contributed by atoms with E-state index in [1.54, 1.807) is 0 Å². The number of aromatic nitrogens is 4. The van der Waals surface area contributed by atoms with Gasteiger partial charge in [0.1, 0.15) is 11.2 Å². The molecule has 0 aliphatic heterocycles. The molecular weight excluding hydrogens is 745 g/mol. The molecule has 0 N–H and O–H groups in total. The Labute approximate surface area is 347 Å². The van der Waals surface area contributed by atoms with Crippen LogP contribution >= 0.6 is 0 Å². The summed E-state index contributed by atoms with van der Waals surface area (Å²) in [6, 6.07) is 69.4. The molecule has 0 amide bonds. The number of hydrogen-bond acceptors (Lipinski definition) is 3. The van der Waals surface area contributed by atoms with Crippen LogP contribution in [0.1, 0.15) is 0 Å². The summed E-state index contributed by atoms with van der Waals surface area (Å²) in [5.74, 6) is 0.630. The van der Waals surface area contributed by atoms with Gasteiger partial charge in [-0.2, -0.15) is 0 Å². The zero-order valence-corrected chi connectivity index (χ0v) is 32.7. The summed E-state index contributed by atoms with van der Waals surface area (Å²) in [6.07, 6.45) is 0. The molecule has 282 valence electrons. The first kappa shape index (κ1) is 32.7. The summed E-state index contributed by atoms with van der Waals surface area (Å²) in [5, 5.41) is 14.7. The summed E-state index contributed by atoms with van der Waals surface area (Å²) < 4.78 is 11.2. The van der Waals surface area contributed by atoms with Crippen LogP contribution in [0.25, 0.3) is 132 Å². The smallest absolute Gasteiger partial charge is 0.235 e. The highest BCUT2D eigenvalue weighted by Gasteiger charge is 2.23. The Morgan fingerprint density at radius 2 is 0.967 bits per heavy atom. The van der Waals surface area contributed by atoms with E-state index in [9.17, 15) is 0 Å². The molecule has 0 fully saturated rings. The number of fused-ring (bicyclic) bond motifs is 17. The highest BCUT2D eigenvalue weighted by Crippen LogP contribution is 2.43. The van der Waals surface area contributed by atoms with Crippen molar-refractivity contribution in [3.63, 3.8) is 0 Å². The van der Waals surface area contributed by atoms with Gasteiger partial charge in [-0.3, -0.25) is 4.57 Å². The molecule has 14 rings (SSSR count). The van der Waals surface area contributed by atoms with Gasteiger partial charge in [0.05, 0.1) is 33.3 Å². The molecule has 0 radical (unpaired) electrons. The van der Waals surface area contributed by atoms with Crippen LogP contribution in [-0.2, 0) is 0 Å². The number of para-hydroxylation sites is 4. The average molecular weight is 777 g/mol. The van der Waals surface area contributed by atoms with Crippen molar-refractivity contribution < 1.29 is 4.42 Å². The van der Waals surface area contributed by atoms with Crippen LogP contribution in [0, 0.1) is 0 Å². The van der Waals surface area contributed by atoms with Crippen LogP contribution in [0.15, 0.2) is 199 Å². The third-order valence-electron chi connectivity index (χ3n) is 12.9. The average Bonchev–Trinajstić information content (AvgIpc) is 3.98. The van der Waals surface area contributed by atoms with Gasteiger partial charge in [-0.15, -0.1) is 0 Å². The summed E-state index contributed by atoms with van der Waals surface area (Å²) in [6.45, 7) is 0. The van der Waals surface area contributed by atoms with Crippen molar-refractivity contribution in [3.05, 3.63) is 194 Å². The minimum absolute atomic E-state index is 0.630. The molecule has 5 nitrogen and oxygen atoms in total. The quantitative estimate of drug-likeness (QED) is 0.168. The van der Waals surface area contributed by atoms with Crippen LogP contribution in [0.2, 0.25) is 0 Å². The van der Waals surface area contributed by atoms with E-state index in [0.717, 1.165) is 98.7 Å². The third-order valence-corrected chi connectivity index (χ3v) is 12.9. The number of nitrogens with zero attached hydrogens (tertiary/aromatic N) is 4. The summed E-state index contributed by atoms with van der Waals surface area (Å²) in [5.41, 5.74) is 10.2. The molecular formula is C56H32N4O. The molecule has 0 bridgehead atoms. The van der Waals surface area contributed by atoms with Crippen molar-refractivity contribution in [2.75, 3.05) is 0 Å². The molecule has 0 saturated heterocycles. The number of rotatable bonds is 3. The molecule has 0 unspecified atom stereocenters. The second kappa shape index (κ2) is 12.1. The van der Waals surface area contributed by atoms with Crippen LogP contribution in [-0.4, -0.2) is 19.1 Å². The third kappa shape index (κ3) is 4.49. The fraction of sp³-hybridized carbons (Fsp3) is 0. The summed E-state index contributed by atoms with van der Waals surface area (Å²) in [4.78, 5) is 11.3. The Morgan fingerprint density at radius 1 is 0.361 bits per heavy atom. The molecule has 0 saturated carbocycles. The van der Waals surface area contributed by atoms with Gasteiger partial charge in [0.25, 0.3) is 0 Å². The van der Waals surface area contributed by atoms with E-state index in [2.05, 4.69) is 191 Å². The second-order valence-electron chi connectivity index (χ2n) is 16.1. The normalized spacial score (nSPS) is 12.3. The molecule has 0 aliphatic carbocycles. The maximum atomic E-state index is 6.56. The van der Waals surface area contributed by atoms with E-state index in [1.165, 1.54) is 27.1 Å². The fourth-order valence-electron chi connectivity index (χ4n) is 10.2. The van der Waals surface area contributed by atoms with E-state index in [-0.39, 0.29) is 0 Å². The van der Waals surface area contributed by atoms with Crippen molar-refractivity contribution >= 4 is 109 Å². The Bertz CT molecular complexity index is 4170.